The van der Waals surface area contributed by atoms with E-state index in [2.05, 4.69) is 20.9 Å². The zero-order valence-electron chi connectivity index (χ0n) is 12.1. The third kappa shape index (κ3) is 3.07. The van der Waals surface area contributed by atoms with E-state index in [4.69, 9.17) is 4.74 Å². The van der Waals surface area contributed by atoms with Crippen LogP contribution < -0.4 is 0 Å². The summed E-state index contributed by atoms with van der Waals surface area (Å²) in [4.78, 5) is 26.9. The second kappa shape index (κ2) is 6.52. The van der Waals surface area contributed by atoms with Crippen LogP contribution in [0.2, 0.25) is 0 Å². The molecule has 0 radical (unpaired) electrons. The minimum atomic E-state index is -1.13. The third-order valence-electron chi connectivity index (χ3n) is 3.42. The van der Waals surface area contributed by atoms with Crippen molar-refractivity contribution in [2.45, 2.75) is 0 Å². The minimum Gasteiger partial charge on any atom is -0.453 e. The van der Waals surface area contributed by atoms with Gasteiger partial charge in [0.1, 0.15) is 5.69 Å². The molecule has 24 heavy (non-hydrogen) atoms. The first kappa shape index (κ1) is 16.3. The summed E-state index contributed by atoms with van der Waals surface area (Å²) >= 11 is 3.31. The highest BCUT2D eigenvalue weighted by atomic mass is 79.9. The van der Waals surface area contributed by atoms with Gasteiger partial charge in [-0.1, -0.05) is 18.2 Å². The number of aromatic nitrogens is 1. The van der Waals surface area contributed by atoms with Crippen LogP contribution in [0.3, 0.4) is 0 Å². The number of halogens is 3. The van der Waals surface area contributed by atoms with Gasteiger partial charge < -0.3 is 9.72 Å². The third-order valence-corrected chi connectivity index (χ3v) is 4.25. The van der Waals surface area contributed by atoms with E-state index >= 15 is 0 Å². The molecular formula is C17H10BrF2NO3. The standard InChI is InChI=1S/C17H10BrF2NO3/c18-15-10-3-1-2-4-13(10)21-16(15)17(23)24-8-14(22)9-5-6-11(19)12(20)7-9/h1-7,21H,8H2. The van der Waals surface area contributed by atoms with E-state index in [1.54, 1.807) is 6.07 Å². The second-order valence-electron chi connectivity index (χ2n) is 4.99. The van der Waals surface area contributed by atoms with Crippen LogP contribution in [-0.2, 0) is 4.74 Å². The molecule has 0 fully saturated rings. The van der Waals surface area contributed by atoms with E-state index in [0.717, 1.165) is 29.1 Å². The maximum atomic E-state index is 13.1. The van der Waals surface area contributed by atoms with Crippen molar-refractivity contribution < 1.29 is 23.1 Å². The molecule has 0 aliphatic carbocycles. The lowest BCUT2D eigenvalue weighted by Gasteiger charge is -2.04. The number of para-hydroxylation sites is 1. The molecule has 0 saturated heterocycles. The number of carbonyl (C=O) groups excluding carboxylic acids is 2. The quantitative estimate of drug-likeness (QED) is 0.532. The Morgan fingerprint density at radius 1 is 1.08 bits per heavy atom. The molecule has 1 aromatic heterocycles. The van der Waals surface area contributed by atoms with Crippen LogP contribution in [0, 0.1) is 11.6 Å². The molecule has 0 aliphatic rings. The SMILES string of the molecule is O=C(COC(=O)c1[nH]c2ccccc2c1Br)c1ccc(F)c(F)c1. The normalized spacial score (nSPS) is 10.8. The van der Waals surface area contributed by atoms with Crippen LogP contribution in [0.15, 0.2) is 46.9 Å². The Kier molecular flexibility index (Phi) is 4.44. The number of hydrogen-bond acceptors (Lipinski definition) is 3. The number of esters is 1. The van der Waals surface area contributed by atoms with Crippen LogP contribution in [0.4, 0.5) is 8.78 Å². The van der Waals surface area contributed by atoms with Crippen molar-refractivity contribution in [3.05, 3.63) is 69.8 Å². The first-order chi connectivity index (χ1) is 11.5. The van der Waals surface area contributed by atoms with E-state index in [1.165, 1.54) is 0 Å². The minimum absolute atomic E-state index is 0.0718. The van der Waals surface area contributed by atoms with Crippen LogP contribution in [0.25, 0.3) is 10.9 Å². The molecule has 3 aromatic rings. The molecule has 0 bridgehead atoms. The summed E-state index contributed by atoms with van der Waals surface area (Å²) in [6.45, 7) is -0.578. The number of Topliss-reactive ketones (excluding diaryl/α,β-unsaturated/α-hetero) is 1. The summed E-state index contributed by atoms with van der Waals surface area (Å²) in [6, 6.07) is 9.99. The maximum Gasteiger partial charge on any atom is 0.356 e. The van der Waals surface area contributed by atoms with Crippen LogP contribution in [0.1, 0.15) is 20.8 Å². The smallest absolute Gasteiger partial charge is 0.356 e. The van der Waals surface area contributed by atoms with Crippen molar-refractivity contribution in [3.63, 3.8) is 0 Å². The van der Waals surface area contributed by atoms with Crippen LogP contribution in [0.5, 0.6) is 0 Å². The van der Waals surface area contributed by atoms with Crippen LogP contribution >= 0.6 is 15.9 Å². The molecule has 2 aromatic carbocycles. The zero-order valence-corrected chi connectivity index (χ0v) is 13.7. The maximum absolute atomic E-state index is 13.1. The van der Waals surface area contributed by atoms with E-state index in [0.29, 0.717) is 4.47 Å². The summed E-state index contributed by atoms with van der Waals surface area (Å²) in [6.07, 6.45) is 0. The predicted molar refractivity (Wildman–Crippen MR) is 87.0 cm³/mol. The molecule has 0 saturated carbocycles. The summed E-state index contributed by atoms with van der Waals surface area (Å²) in [5, 5.41) is 0.802. The van der Waals surface area contributed by atoms with Gasteiger partial charge in [0.2, 0.25) is 0 Å². The highest BCUT2D eigenvalue weighted by Crippen LogP contribution is 2.28. The van der Waals surface area contributed by atoms with E-state index in [9.17, 15) is 18.4 Å². The highest BCUT2D eigenvalue weighted by Gasteiger charge is 2.19. The molecule has 7 heteroatoms. The number of aromatic amines is 1. The van der Waals surface area contributed by atoms with Crippen molar-refractivity contribution in [3.8, 4) is 0 Å². The van der Waals surface area contributed by atoms with Crippen LogP contribution in [-0.4, -0.2) is 23.3 Å². The van der Waals surface area contributed by atoms with Gasteiger partial charge in [0.05, 0.1) is 4.47 Å². The van der Waals surface area contributed by atoms with Crippen molar-refractivity contribution >= 4 is 38.6 Å². The summed E-state index contributed by atoms with van der Waals surface area (Å²) in [5.41, 5.74) is 0.843. The molecule has 0 spiro atoms. The Balaban J connectivity index is 1.73. The van der Waals surface area contributed by atoms with Crippen molar-refractivity contribution in [2.24, 2.45) is 0 Å². The van der Waals surface area contributed by atoms with Crippen molar-refractivity contribution in [1.82, 2.24) is 4.98 Å². The highest BCUT2D eigenvalue weighted by molar-refractivity contribution is 9.10. The van der Waals surface area contributed by atoms with Gasteiger partial charge in [0.25, 0.3) is 0 Å². The Hall–Kier alpha value is -2.54. The number of ketones is 1. The van der Waals surface area contributed by atoms with E-state index in [-0.39, 0.29) is 11.3 Å². The van der Waals surface area contributed by atoms with Gasteiger partial charge in [-0.05, 0) is 40.2 Å². The number of fused-ring (bicyclic) bond motifs is 1. The zero-order chi connectivity index (χ0) is 17.3. The average Bonchev–Trinajstić information content (AvgIpc) is 2.92. The molecule has 0 atom stereocenters. The summed E-state index contributed by atoms with van der Waals surface area (Å²) in [5.74, 6) is -3.54. The van der Waals surface area contributed by atoms with E-state index in [1.807, 2.05) is 18.2 Å². The number of ether oxygens (including phenoxy) is 1. The van der Waals surface area contributed by atoms with Crippen molar-refractivity contribution in [1.29, 1.82) is 0 Å². The van der Waals surface area contributed by atoms with Crippen molar-refractivity contribution in [2.75, 3.05) is 6.61 Å². The lowest BCUT2D eigenvalue weighted by molar-refractivity contribution is 0.0469. The number of benzene rings is 2. The van der Waals surface area contributed by atoms with Gasteiger partial charge >= 0.3 is 5.97 Å². The van der Waals surface area contributed by atoms with Gasteiger partial charge in [0, 0.05) is 16.5 Å². The van der Waals surface area contributed by atoms with E-state index < -0.39 is 30.0 Å². The first-order valence-corrected chi connectivity index (χ1v) is 7.68. The second-order valence-corrected chi connectivity index (χ2v) is 5.78. The van der Waals surface area contributed by atoms with Gasteiger partial charge in [-0.15, -0.1) is 0 Å². The van der Waals surface area contributed by atoms with Gasteiger partial charge in [-0.25, -0.2) is 13.6 Å². The Morgan fingerprint density at radius 2 is 1.83 bits per heavy atom. The lowest BCUT2D eigenvalue weighted by atomic mass is 10.1. The molecule has 122 valence electrons. The van der Waals surface area contributed by atoms with Gasteiger partial charge in [0.15, 0.2) is 24.0 Å². The number of nitrogens with one attached hydrogen (secondary N) is 1. The number of hydrogen-bond donors (Lipinski definition) is 1. The summed E-state index contributed by atoms with van der Waals surface area (Å²) < 4.78 is 31.5. The molecule has 0 amide bonds. The Labute approximate surface area is 143 Å². The molecular weight excluding hydrogens is 384 g/mol. The topological polar surface area (TPSA) is 59.2 Å². The number of H-pyrrole nitrogens is 1. The first-order valence-electron chi connectivity index (χ1n) is 6.89. The summed E-state index contributed by atoms with van der Waals surface area (Å²) in [7, 11) is 0. The lowest BCUT2D eigenvalue weighted by Crippen LogP contribution is -2.15. The Morgan fingerprint density at radius 3 is 2.54 bits per heavy atom. The molecule has 1 heterocycles. The fraction of sp³-hybridized carbons (Fsp3) is 0.0588. The van der Waals surface area contributed by atoms with Gasteiger partial charge in [-0.3, -0.25) is 4.79 Å². The predicted octanol–water partition coefficient (Wildman–Crippen LogP) is 4.25. The molecule has 0 aliphatic heterocycles. The molecule has 1 N–H and O–H groups in total. The molecule has 0 unspecified atom stereocenters. The molecule has 4 nitrogen and oxygen atoms in total. The fourth-order valence-electron chi connectivity index (χ4n) is 2.20. The number of carbonyl (C=O) groups is 2. The largest absolute Gasteiger partial charge is 0.453 e. The molecule has 3 rings (SSSR count). The average molecular weight is 394 g/mol. The monoisotopic (exact) mass is 393 g/mol. The number of rotatable bonds is 4. The van der Waals surface area contributed by atoms with Gasteiger partial charge in [-0.2, -0.15) is 0 Å². The fourth-order valence-corrected chi connectivity index (χ4v) is 2.81. The Bertz CT molecular complexity index is 952.